The van der Waals surface area contributed by atoms with Crippen LogP contribution in [0.2, 0.25) is 0 Å². The zero-order chi connectivity index (χ0) is 15.2. The number of benzene rings is 1. The Morgan fingerprint density at radius 1 is 1.29 bits per heavy atom. The minimum atomic E-state index is -0.767. The number of piperidine rings is 1. The molecule has 0 spiro atoms. The molecule has 0 saturated carbocycles. The highest BCUT2D eigenvalue weighted by Crippen LogP contribution is 2.24. The smallest absolute Gasteiger partial charge is 0.163 e. The molecule has 0 amide bonds. The quantitative estimate of drug-likeness (QED) is 0.860. The van der Waals surface area contributed by atoms with Gasteiger partial charge < -0.3 is 10.2 Å². The molecule has 0 bridgehead atoms. The number of nitrogens with zero attached hydrogens (tertiary/aromatic N) is 1. The molecule has 1 N–H and O–H groups in total. The fourth-order valence-corrected chi connectivity index (χ4v) is 3.17. The van der Waals surface area contributed by atoms with Gasteiger partial charge >= 0.3 is 0 Å². The number of rotatable bonds is 6. The van der Waals surface area contributed by atoms with Crippen molar-refractivity contribution in [2.75, 3.05) is 26.7 Å². The molecule has 1 heterocycles. The van der Waals surface area contributed by atoms with Crippen molar-refractivity contribution in [2.24, 2.45) is 5.92 Å². The molecule has 1 aliphatic heterocycles. The highest BCUT2D eigenvalue weighted by atomic mass is 19.2. The molecule has 1 saturated heterocycles. The van der Waals surface area contributed by atoms with Gasteiger partial charge in [0, 0.05) is 11.6 Å². The highest BCUT2D eigenvalue weighted by molar-refractivity contribution is 5.22. The Balaban J connectivity index is 1.90. The Labute approximate surface area is 126 Å². The first kappa shape index (κ1) is 16.4. The van der Waals surface area contributed by atoms with Crippen LogP contribution in [-0.4, -0.2) is 31.6 Å². The summed E-state index contributed by atoms with van der Waals surface area (Å²) < 4.78 is 27.2. The van der Waals surface area contributed by atoms with E-state index in [1.165, 1.54) is 25.3 Å². The van der Waals surface area contributed by atoms with Crippen LogP contribution in [0.1, 0.15) is 44.2 Å². The van der Waals surface area contributed by atoms with Crippen LogP contribution in [0, 0.1) is 17.6 Å². The van der Waals surface area contributed by atoms with Crippen molar-refractivity contribution < 1.29 is 8.78 Å². The van der Waals surface area contributed by atoms with Gasteiger partial charge in [0.25, 0.3) is 0 Å². The number of likely N-dealkylation sites (tertiary alicyclic amines) is 1. The monoisotopic (exact) mass is 296 g/mol. The standard InChI is InChI=1S/C17H26F2N2/c1-3-13-7-10-21(11-8-13)12-9-16(20-2)14-5-4-6-15(18)17(14)19/h4-6,13,16,20H,3,7-12H2,1-2H3. The van der Waals surface area contributed by atoms with Crippen LogP contribution in [0.4, 0.5) is 8.78 Å². The molecule has 1 atom stereocenters. The Morgan fingerprint density at radius 2 is 2.00 bits per heavy atom. The van der Waals surface area contributed by atoms with Gasteiger partial charge in [0.2, 0.25) is 0 Å². The van der Waals surface area contributed by atoms with E-state index in [-0.39, 0.29) is 6.04 Å². The van der Waals surface area contributed by atoms with E-state index >= 15 is 0 Å². The van der Waals surface area contributed by atoms with Gasteiger partial charge in [0.15, 0.2) is 11.6 Å². The topological polar surface area (TPSA) is 15.3 Å². The lowest BCUT2D eigenvalue weighted by Gasteiger charge is -2.32. The van der Waals surface area contributed by atoms with Crippen LogP contribution in [0.15, 0.2) is 18.2 Å². The predicted octanol–water partition coefficient (Wildman–Crippen LogP) is 3.74. The van der Waals surface area contributed by atoms with E-state index in [1.54, 1.807) is 19.2 Å². The summed E-state index contributed by atoms with van der Waals surface area (Å²) in [6.07, 6.45) is 4.58. The molecule has 0 aromatic heterocycles. The first-order chi connectivity index (χ1) is 10.2. The molecule has 1 fully saturated rings. The summed E-state index contributed by atoms with van der Waals surface area (Å²) in [5.74, 6) is -0.625. The summed E-state index contributed by atoms with van der Waals surface area (Å²) in [5, 5.41) is 3.11. The molecule has 1 aliphatic rings. The lowest BCUT2D eigenvalue weighted by Crippen LogP contribution is -2.35. The molecule has 2 nitrogen and oxygen atoms in total. The third kappa shape index (κ3) is 4.24. The van der Waals surface area contributed by atoms with Gasteiger partial charge in [0.1, 0.15) is 0 Å². The van der Waals surface area contributed by atoms with E-state index in [2.05, 4.69) is 17.1 Å². The van der Waals surface area contributed by atoms with Gasteiger partial charge in [-0.05, 0) is 57.9 Å². The van der Waals surface area contributed by atoms with E-state index < -0.39 is 11.6 Å². The van der Waals surface area contributed by atoms with E-state index in [9.17, 15) is 8.78 Å². The maximum atomic E-state index is 13.9. The van der Waals surface area contributed by atoms with Crippen LogP contribution < -0.4 is 5.32 Å². The minimum Gasteiger partial charge on any atom is -0.313 e. The summed E-state index contributed by atoms with van der Waals surface area (Å²) in [6.45, 7) is 5.43. The van der Waals surface area contributed by atoms with Crippen molar-refractivity contribution in [1.29, 1.82) is 0 Å². The van der Waals surface area contributed by atoms with E-state index in [0.29, 0.717) is 5.56 Å². The minimum absolute atomic E-state index is 0.135. The molecular formula is C17H26F2N2. The van der Waals surface area contributed by atoms with E-state index in [1.807, 2.05) is 0 Å². The fourth-order valence-electron chi connectivity index (χ4n) is 3.17. The average molecular weight is 296 g/mol. The number of hydrogen-bond donors (Lipinski definition) is 1. The van der Waals surface area contributed by atoms with Crippen LogP contribution in [0.5, 0.6) is 0 Å². The number of hydrogen-bond acceptors (Lipinski definition) is 2. The Morgan fingerprint density at radius 3 is 2.62 bits per heavy atom. The molecule has 4 heteroatoms. The van der Waals surface area contributed by atoms with Crippen LogP contribution in [0.3, 0.4) is 0 Å². The third-order valence-electron chi connectivity index (χ3n) is 4.72. The Bertz CT molecular complexity index is 442. The normalized spacial score (nSPS) is 18.9. The SMILES string of the molecule is CCC1CCN(CCC(NC)c2cccc(F)c2F)CC1. The van der Waals surface area contributed by atoms with Gasteiger partial charge in [-0.1, -0.05) is 25.5 Å². The van der Waals surface area contributed by atoms with Crippen LogP contribution in [0.25, 0.3) is 0 Å². The summed E-state index contributed by atoms with van der Waals surface area (Å²) in [5.41, 5.74) is 0.431. The van der Waals surface area contributed by atoms with Gasteiger partial charge in [0.05, 0.1) is 0 Å². The summed E-state index contributed by atoms with van der Waals surface area (Å²) in [7, 11) is 1.80. The largest absolute Gasteiger partial charge is 0.313 e. The first-order valence-electron chi connectivity index (χ1n) is 7.99. The maximum absolute atomic E-state index is 13.9. The molecule has 1 aromatic carbocycles. The summed E-state index contributed by atoms with van der Waals surface area (Å²) in [6, 6.07) is 4.28. The Kier molecular flexibility index (Phi) is 6.12. The Hall–Kier alpha value is -1.00. The van der Waals surface area contributed by atoms with Crippen molar-refractivity contribution in [3.8, 4) is 0 Å². The predicted molar refractivity (Wildman–Crippen MR) is 82.2 cm³/mol. The molecular weight excluding hydrogens is 270 g/mol. The molecule has 118 valence electrons. The summed E-state index contributed by atoms with van der Waals surface area (Å²) >= 11 is 0. The fraction of sp³-hybridized carbons (Fsp3) is 0.647. The lowest BCUT2D eigenvalue weighted by atomic mass is 9.94. The highest BCUT2D eigenvalue weighted by Gasteiger charge is 2.21. The molecule has 0 radical (unpaired) electrons. The van der Waals surface area contributed by atoms with Crippen molar-refractivity contribution in [3.63, 3.8) is 0 Å². The second-order valence-electron chi connectivity index (χ2n) is 5.97. The van der Waals surface area contributed by atoms with E-state index in [0.717, 1.165) is 32.0 Å². The average Bonchev–Trinajstić information content (AvgIpc) is 2.52. The number of nitrogens with one attached hydrogen (secondary N) is 1. The van der Waals surface area contributed by atoms with Gasteiger partial charge in [-0.3, -0.25) is 0 Å². The molecule has 1 aromatic rings. The third-order valence-corrected chi connectivity index (χ3v) is 4.72. The zero-order valence-electron chi connectivity index (χ0n) is 13.0. The molecule has 2 rings (SSSR count). The zero-order valence-corrected chi connectivity index (χ0v) is 13.0. The van der Waals surface area contributed by atoms with Crippen molar-refractivity contribution >= 4 is 0 Å². The molecule has 1 unspecified atom stereocenters. The van der Waals surface area contributed by atoms with Crippen molar-refractivity contribution in [1.82, 2.24) is 10.2 Å². The van der Waals surface area contributed by atoms with E-state index in [4.69, 9.17) is 0 Å². The first-order valence-corrected chi connectivity index (χ1v) is 7.99. The van der Waals surface area contributed by atoms with Crippen LogP contribution in [-0.2, 0) is 0 Å². The van der Waals surface area contributed by atoms with Gasteiger partial charge in [-0.2, -0.15) is 0 Å². The second kappa shape index (κ2) is 7.85. The second-order valence-corrected chi connectivity index (χ2v) is 5.97. The van der Waals surface area contributed by atoms with Crippen molar-refractivity contribution in [2.45, 2.75) is 38.6 Å². The van der Waals surface area contributed by atoms with Crippen LogP contribution >= 0.6 is 0 Å². The number of halogens is 2. The lowest BCUT2D eigenvalue weighted by molar-refractivity contribution is 0.174. The van der Waals surface area contributed by atoms with Gasteiger partial charge in [-0.15, -0.1) is 0 Å². The molecule has 21 heavy (non-hydrogen) atoms. The maximum Gasteiger partial charge on any atom is 0.163 e. The van der Waals surface area contributed by atoms with Gasteiger partial charge in [-0.25, -0.2) is 8.78 Å². The molecule has 0 aliphatic carbocycles. The van der Waals surface area contributed by atoms with Crippen molar-refractivity contribution in [3.05, 3.63) is 35.4 Å². The summed E-state index contributed by atoms with van der Waals surface area (Å²) in [4.78, 5) is 2.44.